The first-order valence-electron chi connectivity index (χ1n) is 20.4. The van der Waals surface area contributed by atoms with Crippen LogP contribution in [0.3, 0.4) is 0 Å². The molecule has 4 rings (SSSR count). The number of nitrogens with two attached hydrogens (primary N) is 1. The molecule has 16 heteroatoms. The third-order valence-electron chi connectivity index (χ3n) is 10.2. The molecule has 1 heterocycles. The van der Waals surface area contributed by atoms with E-state index in [2.05, 4.69) is 16.0 Å². The van der Waals surface area contributed by atoms with Crippen LogP contribution in [0.5, 0.6) is 0 Å². The van der Waals surface area contributed by atoms with Crippen LogP contribution >= 0.6 is 11.3 Å². The Bertz CT molecular complexity index is 2130. The Kier molecular flexibility index (Phi) is 18.5. The minimum absolute atomic E-state index is 0.0212. The van der Waals surface area contributed by atoms with Crippen LogP contribution in [-0.4, -0.2) is 87.0 Å². The van der Waals surface area contributed by atoms with E-state index in [0.29, 0.717) is 17.5 Å². The number of carbonyl (C=O) groups is 7. The summed E-state index contributed by atoms with van der Waals surface area (Å²) in [5, 5.41) is 30.6. The number of nitrogens with one attached hydrogen (secondary N) is 3. The molecule has 6 amide bonds. The second-order valence-corrected chi connectivity index (χ2v) is 16.5. The highest BCUT2D eigenvalue weighted by Gasteiger charge is 2.42. The Hall–Kier alpha value is -6.23. The van der Waals surface area contributed by atoms with E-state index in [4.69, 9.17) is 10.5 Å². The van der Waals surface area contributed by atoms with Gasteiger partial charge in [-0.15, -0.1) is 11.3 Å². The van der Waals surface area contributed by atoms with Gasteiger partial charge in [0.25, 0.3) is 11.8 Å². The van der Waals surface area contributed by atoms with E-state index < -0.39 is 84.2 Å². The molecule has 0 unspecified atom stereocenters. The van der Waals surface area contributed by atoms with Crippen molar-refractivity contribution < 1.29 is 48.5 Å². The summed E-state index contributed by atoms with van der Waals surface area (Å²) in [6, 6.07) is 21.2. The fourth-order valence-electron chi connectivity index (χ4n) is 6.70. The number of aliphatic hydroxyl groups is 1. The molecule has 6 atom stereocenters. The quantitative estimate of drug-likeness (QED) is 0.0662. The predicted molar refractivity (Wildman–Crippen MR) is 233 cm³/mol. The van der Waals surface area contributed by atoms with Crippen LogP contribution in [0.25, 0.3) is 0 Å². The van der Waals surface area contributed by atoms with E-state index in [-0.39, 0.29) is 42.9 Å². The summed E-state index contributed by atoms with van der Waals surface area (Å²) in [7, 11) is 0. The number of nitrogens with zero attached hydrogens (tertiary/aromatic N) is 1. The molecule has 0 saturated carbocycles. The summed E-state index contributed by atoms with van der Waals surface area (Å²) in [5.41, 5.74) is 7.62. The van der Waals surface area contributed by atoms with Gasteiger partial charge in [0.15, 0.2) is 0 Å². The zero-order valence-electron chi connectivity index (χ0n) is 35.2. The van der Waals surface area contributed by atoms with Crippen molar-refractivity contribution >= 4 is 52.9 Å². The molecule has 0 aliphatic rings. The van der Waals surface area contributed by atoms with Crippen LogP contribution in [0.15, 0.2) is 102 Å². The number of thiophene rings is 1. The maximum absolute atomic E-state index is 14.9. The summed E-state index contributed by atoms with van der Waals surface area (Å²) in [4.78, 5) is 96.2. The molecule has 1 aromatic heterocycles. The van der Waals surface area contributed by atoms with E-state index >= 15 is 0 Å². The number of hydrogen-bond acceptors (Lipinski definition) is 11. The summed E-state index contributed by atoms with van der Waals surface area (Å²) in [5.74, 6) is -6.31. The molecule has 0 aliphatic heterocycles. The molecule has 62 heavy (non-hydrogen) atoms. The van der Waals surface area contributed by atoms with Gasteiger partial charge in [0.05, 0.1) is 30.2 Å². The lowest BCUT2D eigenvalue weighted by molar-refractivity contribution is -0.154. The van der Waals surface area contributed by atoms with Crippen molar-refractivity contribution in [1.29, 1.82) is 0 Å². The van der Waals surface area contributed by atoms with Crippen molar-refractivity contribution in [3.63, 3.8) is 0 Å². The Morgan fingerprint density at radius 2 is 1.44 bits per heavy atom. The lowest BCUT2D eigenvalue weighted by Crippen LogP contribution is -2.61. The average molecular weight is 870 g/mol. The molecule has 4 aromatic rings. The number of amides is 6. The third-order valence-corrected chi connectivity index (χ3v) is 11.1. The number of carboxylic acids is 1. The van der Waals surface area contributed by atoms with E-state index in [1.807, 2.05) is 25.3 Å². The molecule has 7 N–H and O–H groups in total. The lowest BCUT2D eigenvalue weighted by atomic mass is 9.92. The Morgan fingerprint density at radius 3 is 2.03 bits per heavy atom. The van der Waals surface area contributed by atoms with Gasteiger partial charge in [-0.25, -0.2) is 9.59 Å². The van der Waals surface area contributed by atoms with Gasteiger partial charge in [-0.2, -0.15) is 0 Å². The smallest absolute Gasteiger partial charge is 0.408 e. The Morgan fingerprint density at radius 1 is 0.790 bits per heavy atom. The Labute approximate surface area is 365 Å². The van der Waals surface area contributed by atoms with Crippen molar-refractivity contribution in [2.75, 3.05) is 0 Å². The lowest BCUT2D eigenvalue weighted by Gasteiger charge is -2.38. The molecule has 15 nitrogen and oxygen atoms in total. The highest BCUT2D eigenvalue weighted by Crippen LogP contribution is 2.23. The maximum Gasteiger partial charge on any atom is 0.408 e. The van der Waals surface area contributed by atoms with Gasteiger partial charge in [-0.3, -0.25) is 34.2 Å². The average Bonchev–Trinajstić information content (AvgIpc) is 3.77. The molecule has 0 bridgehead atoms. The van der Waals surface area contributed by atoms with Crippen molar-refractivity contribution in [3.05, 3.63) is 130 Å². The zero-order chi connectivity index (χ0) is 45.3. The summed E-state index contributed by atoms with van der Waals surface area (Å²) in [6.45, 7) is 6.97. The fourth-order valence-corrected chi connectivity index (χ4v) is 7.47. The second kappa shape index (κ2) is 23.7. The minimum atomic E-state index is -1.69. The van der Waals surface area contributed by atoms with Crippen LogP contribution in [-0.2, 0) is 43.4 Å². The first kappa shape index (κ1) is 48.4. The number of alkyl carbamates (subject to hydrolysis) is 1. The maximum atomic E-state index is 14.9. The molecule has 0 fully saturated rings. The van der Waals surface area contributed by atoms with Crippen LogP contribution in [0.1, 0.15) is 83.7 Å². The molecular weight excluding hydrogens is 815 g/mol. The number of ether oxygens (including phenoxy) is 1. The van der Waals surface area contributed by atoms with E-state index in [0.717, 1.165) is 15.8 Å². The van der Waals surface area contributed by atoms with Gasteiger partial charge < -0.3 is 31.3 Å². The number of aliphatic hydroxyl groups excluding tert-OH is 1. The van der Waals surface area contributed by atoms with Crippen molar-refractivity contribution in [1.82, 2.24) is 20.9 Å². The van der Waals surface area contributed by atoms with Crippen molar-refractivity contribution in [2.24, 2.45) is 17.6 Å². The molecule has 0 spiro atoms. The van der Waals surface area contributed by atoms with Gasteiger partial charge >= 0.3 is 12.1 Å². The highest BCUT2D eigenvalue weighted by molar-refractivity contribution is 7.09. The number of benzene rings is 3. The van der Waals surface area contributed by atoms with Gasteiger partial charge in [-0.1, -0.05) is 107 Å². The number of imide groups is 2. The first-order valence-corrected chi connectivity index (χ1v) is 21.3. The van der Waals surface area contributed by atoms with Crippen LogP contribution in [0, 0.1) is 11.8 Å². The van der Waals surface area contributed by atoms with E-state index in [1.165, 1.54) is 29.5 Å². The van der Waals surface area contributed by atoms with Gasteiger partial charge in [0.1, 0.15) is 18.7 Å². The fraction of sp³-hybridized carbons (Fsp3) is 0.370. The van der Waals surface area contributed by atoms with Gasteiger partial charge in [0.2, 0.25) is 17.7 Å². The third kappa shape index (κ3) is 14.5. The monoisotopic (exact) mass is 869 g/mol. The Balaban J connectivity index is 1.64. The number of carboxylic acid groups (broad SMARTS) is 1. The number of carbonyl (C=O) groups excluding carboxylic acids is 6. The second-order valence-electron chi connectivity index (χ2n) is 15.5. The molecule has 330 valence electrons. The SMILES string of the molecule is CC[C@H](C)[C@H](NC(=O)C[C@H](O)[C@H](CC(C)C)N(C(=O)[C@H](Cc1ccccc1)NC(=O)OCc1ccccc1)C(=O)[C@@H](N)Cc1cccs1)C(=O)NC(=O)c1cccc(C(=O)O)c1. The predicted octanol–water partition coefficient (Wildman–Crippen LogP) is 4.86. The minimum Gasteiger partial charge on any atom is -0.478 e. The molecule has 0 radical (unpaired) electrons. The standard InChI is InChI=1S/C46H55N5O10S/c1-5-29(4)40(42(55)50-41(54)32-18-12-19-33(24-32)45(58)59)49-39(53)26-38(52)37(22-28(2)3)51(43(56)35(47)25-34-20-13-21-62-34)44(57)36(23-30-14-8-6-9-15-30)48-46(60)61-27-31-16-10-7-11-17-31/h6-21,24,28-29,35-38,40,52H,5,22-23,25-27,47H2,1-4H3,(H,48,60)(H,49,53)(H,58,59)(H,50,54,55)/t29-,35-,36-,37-,38-,40-/m0/s1. The van der Waals surface area contributed by atoms with Crippen LogP contribution < -0.4 is 21.7 Å². The van der Waals surface area contributed by atoms with Gasteiger partial charge in [0, 0.05) is 23.3 Å². The number of rotatable bonds is 21. The van der Waals surface area contributed by atoms with Crippen molar-refractivity contribution in [2.45, 2.75) is 96.7 Å². The summed E-state index contributed by atoms with van der Waals surface area (Å²) >= 11 is 1.37. The van der Waals surface area contributed by atoms with Crippen LogP contribution in [0.2, 0.25) is 0 Å². The molecule has 3 aromatic carbocycles. The highest BCUT2D eigenvalue weighted by atomic mass is 32.1. The largest absolute Gasteiger partial charge is 0.478 e. The normalized spacial score (nSPS) is 14.0. The summed E-state index contributed by atoms with van der Waals surface area (Å²) in [6.07, 6.45) is -2.90. The van der Waals surface area contributed by atoms with E-state index in [1.54, 1.807) is 80.6 Å². The molecule has 0 saturated heterocycles. The zero-order valence-corrected chi connectivity index (χ0v) is 36.0. The first-order chi connectivity index (χ1) is 29.6. The number of hydrogen-bond donors (Lipinski definition) is 6. The topological polar surface area (TPSA) is 235 Å². The summed E-state index contributed by atoms with van der Waals surface area (Å²) < 4.78 is 5.47. The van der Waals surface area contributed by atoms with E-state index in [9.17, 15) is 43.8 Å². The molecular formula is C46H55N5O10S. The van der Waals surface area contributed by atoms with Crippen LogP contribution in [0.4, 0.5) is 4.79 Å². The van der Waals surface area contributed by atoms with Gasteiger partial charge in [-0.05, 0) is 59.0 Å². The molecule has 0 aliphatic carbocycles. The number of aromatic carboxylic acids is 1. The van der Waals surface area contributed by atoms with Crippen molar-refractivity contribution in [3.8, 4) is 0 Å².